The molecule has 0 saturated carbocycles. The van der Waals surface area contributed by atoms with Crippen LogP contribution < -0.4 is 18.9 Å². The topological polar surface area (TPSA) is 94.3 Å². The first-order chi connectivity index (χ1) is 28.5. The van der Waals surface area contributed by atoms with Gasteiger partial charge in [0.05, 0.1) is 51.2 Å². The van der Waals surface area contributed by atoms with Gasteiger partial charge in [0, 0.05) is 33.4 Å². The molecule has 0 radical (unpaired) electrons. The summed E-state index contributed by atoms with van der Waals surface area (Å²) in [5.74, 6) is 4.28. The van der Waals surface area contributed by atoms with Crippen LogP contribution in [0.3, 0.4) is 0 Å². The summed E-state index contributed by atoms with van der Waals surface area (Å²) in [5, 5.41) is 0. The zero-order valence-electron chi connectivity index (χ0n) is 33.1. The van der Waals surface area contributed by atoms with Gasteiger partial charge in [-0.15, -0.1) is 0 Å². The fraction of sp³-hybridized carbons (Fsp3) is 0.160. The van der Waals surface area contributed by atoms with Crippen LogP contribution in [0.2, 0.25) is 0 Å². The van der Waals surface area contributed by atoms with Crippen LogP contribution in [0.4, 0.5) is 0 Å². The number of methoxy groups -OCH3 is 4. The Morgan fingerprint density at radius 2 is 0.845 bits per heavy atom. The largest absolute Gasteiger partial charge is 0.493 e. The number of aromatic amines is 2. The first kappa shape index (κ1) is 36.6. The predicted octanol–water partition coefficient (Wildman–Crippen LogP) is 11.1. The van der Waals surface area contributed by atoms with Gasteiger partial charge in [0.15, 0.2) is 23.0 Å². The monoisotopic (exact) mass is 764 g/mol. The van der Waals surface area contributed by atoms with E-state index >= 15 is 0 Å². The molecule has 4 aliphatic carbocycles. The number of ether oxygens (including phenoxy) is 4. The van der Waals surface area contributed by atoms with E-state index in [9.17, 15) is 0 Å². The Bertz CT molecular complexity index is 2610. The van der Waals surface area contributed by atoms with Gasteiger partial charge < -0.3 is 28.9 Å². The van der Waals surface area contributed by atoms with Crippen molar-refractivity contribution in [2.24, 2.45) is 0 Å². The van der Waals surface area contributed by atoms with Crippen molar-refractivity contribution in [3.63, 3.8) is 0 Å². The number of aromatic nitrogens is 4. The maximum Gasteiger partial charge on any atom is 0.161 e. The molecular formula is C50H44N4O4. The third kappa shape index (κ3) is 6.98. The molecule has 4 bridgehead atoms. The minimum Gasteiger partial charge on any atom is -0.493 e. The lowest BCUT2D eigenvalue weighted by Gasteiger charge is -2.15. The molecule has 6 aromatic carbocycles. The average Bonchev–Trinajstić information content (AvgIpc) is 3.93. The van der Waals surface area contributed by atoms with Crippen molar-refractivity contribution in [3.05, 3.63) is 156 Å². The number of imidazole rings is 2. The summed E-state index contributed by atoms with van der Waals surface area (Å²) >= 11 is 0. The van der Waals surface area contributed by atoms with Gasteiger partial charge in [-0.05, 0) is 96.5 Å². The van der Waals surface area contributed by atoms with Gasteiger partial charge in [-0.3, -0.25) is 0 Å². The van der Waals surface area contributed by atoms with Gasteiger partial charge in [0.2, 0.25) is 0 Å². The summed E-state index contributed by atoms with van der Waals surface area (Å²) in [6.45, 7) is 0. The lowest BCUT2D eigenvalue weighted by atomic mass is 9.91. The molecule has 12 rings (SSSR count). The van der Waals surface area contributed by atoms with Crippen LogP contribution in [0.25, 0.3) is 67.8 Å². The minimum atomic E-state index is 0.632. The molecule has 8 aromatic rings. The van der Waals surface area contributed by atoms with Gasteiger partial charge in [-0.25, -0.2) is 9.97 Å². The second-order valence-corrected chi connectivity index (χ2v) is 14.5. The van der Waals surface area contributed by atoms with Crippen molar-refractivity contribution in [1.29, 1.82) is 0 Å². The Kier molecular flexibility index (Phi) is 9.98. The summed E-state index contributed by atoms with van der Waals surface area (Å²) in [6, 6.07) is 46.5. The molecule has 58 heavy (non-hydrogen) atoms. The Morgan fingerprint density at radius 3 is 1.36 bits per heavy atom. The molecule has 2 N–H and O–H groups in total. The number of aryl methyl sites for hydroxylation is 4. The van der Waals surface area contributed by atoms with Crippen LogP contribution in [0.15, 0.2) is 133 Å². The van der Waals surface area contributed by atoms with E-state index in [-0.39, 0.29) is 0 Å². The average molecular weight is 765 g/mol. The zero-order chi connectivity index (χ0) is 39.6. The van der Waals surface area contributed by atoms with Crippen molar-refractivity contribution in [2.45, 2.75) is 25.7 Å². The van der Waals surface area contributed by atoms with Crippen LogP contribution in [-0.4, -0.2) is 48.4 Å². The summed E-state index contributed by atoms with van der Waals surface area (Å²) < 4.78 is 22.6. The summed E-state index contributed by atoms with van der Waals surface area (Å²) in [4.78, 5) is 18.2. The number of rotatable bonds is 10. The van der Waals surface area contributed by atoms with Gasteiger partial charge in [0.25, 0.3) is 0 Å². The standard InChI is InChI=1S/C50H44N4O4/c1-55-41-25-23-37(29-43(41)57-3)47-48(38-24-26-42(56-2)44(30-38)58-4)54-50(53-47)40-28-32-16-20-33-19-15-31(17-21-34(40)22-18-32)27-39(33)49-51-45(35-11-7-5-8-12-35)46(52-49)36-13-9-6-10-14-36/h5-15,18-19,22-30H,16-17,20-21H2,1-4H3,(H,51,52)(H,53,54). The van der Waals surface area contributed by atoms with Gasteiger partial charge >= 0.3 is 0 Å². The highest BCUT2D eigenvalue weighted by Crippen LogP contribution is 2.41. The van der Waals surface area contributed by atoms with Crippen LogP contribution in [0.5, 0.6) is 23.0 Å². The van der Waals surface area contributed by atoms with Crippen molar-refractivity contribution in [3.8, 4) is 90.8 Å². The number of hydrogen-bond acceptors (Lipinski definition) is 6. The third-order valence-corrected chi connectivity index (χ3v) is 11.1. The Balaban J connectivity index is 1.11. The molecule has 4 aliphatic rings. The second kappa shape index (κ2) is 15.8. The van der Waals surface area contributed by atoms with Crippen LogP contribution in [0, 0.1) is 0 Å². The number of nitrogens with zero attached hydrogens (tertiary/aromatic N) is 2. The number of nitrogens with one attached hydrogen (secondary N) is 2. The third-order valence-electron chi connectivity index (χ3n) is 11.1. The van der Waals surface area contributed by atoms with E-state index in [0.29, 0.717) is 23.0 Å². The highest BCUT2D eigenvalue weighted by Gasteiger charge is 2.22. The van der Waals surface area contributed by atoms with E-state index in [2.05, 4.69) is 94.9 Å². The molecule has 8 heteroatoms. The number of H-pyrrole nitrogens is 2. The smallest absolute Gasteiger partial charge is 0.161 e. The predicted molar refractivity (Wildman–Crippen MR) is 231 cm³/mol. The molecule has 288 valence electrons. The SMILES string of the molecule is COc1ccc(-c2nc(-c3cc4ccc3CCc3ccc(c(-c5nc(-c6ccccc6)c(-c6ccccc6)[nH]5)c3)CC4)[nH]c2-c2ccc(OC)c(OC)c2)cc1OC. The first-order valence-corrected chi connectivity index (χ1v) is 19.5. The Labute approximate surface area is 338 Å². The minimum absolute atomic E-state index is 0.632. The Hall–Kier alpha value is -7.06. The van der Waals surface area contributed by atoms with E-state index in [4.69, 9.17) is 28.9 Å². The van der Waals surface area contributed by atoms with Crippen molar-refractivity contribution in [1.82, 2.24) is 19.9 Å². The molecule has 8 nitrogen and oxygen atoms in total. The summed E-state index contributed by atoms with van der Waals surface area (Å²) in [5.41, 5.74) is 14.9. The molecule has 2 aromatic heterocycles. The fourth-order valence-electron chi connectivity index (χ4n) is 8.01. The van der Waals surface area contributed by atoms with Crippen LogP contribution in [-0.2, 0) is 25.7 Å². The van der Waals surface area contributed by atoms with Crippen LogP contribution in [0.1, 0.15) is 22.3 Å². The summed E-state index contributed by atoms with van der Waals surface area (Å²) in [6.07, 6.45) is 3.38. The number of benzene rings is 6. The molecule has 0 atom stereocenters. The van der Waals surface area contributed by atoms with E-state index in [1.54, 1.807) is 28.4 Å². The molecule has 0 aliphatic heterocycles. The molecular weight excluding hydrogens is 721 g/mol. The van der Waals surface area contributed by atoms with Gasteiger partial charge in [-0.1, -0.05) is 84.9 Å². The normalized spacial score (nSPS) is 12.2. The maximum absolute atomic E-state index is 5.72. The molecule has 0 amide bonds. The highest BCUT2D eigenvalue weighted by molar-refractivity contribution is 5.84. The van der Waals surface area contributed by atoms with Crippen molar-refractivity contribution >= 4 is 0 Å². The quantitative estimate of drug-likeness (QED) is 0.144. The van der Waals surface area contributed by atoms with Gasteiger partial charge in [-0.2, -0.15) is 0 Å². The fourth-order valence-corrected chi connectivity index (χ4v) is 8.01. The van der Waals surface area contributed by atoms with Crippen LogP contribution >= 0.6 is 0 Å². The van der Waals surface area contributed by atoms with Crippen molar-refractivity contribution < 1.29 is 18.9 Å². The van der Waals surface area contributed by atoms with Crippen molar-refractivity contribution in [2.75, 3.05) is 28.4 Å². The van der Waals surface area contributed by atoms with E-state index in [1.165, 1.54) is 22.3 Å². The van der Waals surface area contributed by atoms with E-state index in [1.807, 2.05) is 48.5 Å². The highest BCUT2D eigenvalue weighted by atomic mass is 16.5. The summed E-state index contributed by atoms with van der Waals surface area (Å²) in [7, 11) is 6.58. The lowest BCUT2D eigenvalue weighted by Crippen LogP contribution is -2.03. The van der Waals surface area contributed by atoms with Gasteiger partial charge in [0.1, 0.15) is 11.6 Å². The molecule has 0 fully saturated rings. The molecule has 0 unspecified atom stereocenters. The Morgan fingerprint density at radius 1 is 0.397 bits per heavy atom. The van der Waals surface area contributed by atoms with E-state index < -0.39 is 0 Å². The second-order valence-electron chi connectivity index (χ2n) is 14.5. The maximum atomic E-state index is 5.72. The first-order valence-electron chi connectivity index (χ1n) is 19.5. The number of hydrogen-bond donors (Lipinski definition) is 2. The molecule has 0 saturated heterocycles. The molecule has 2 heterocycles. The molecule has 0 spiro atoms. The zero-order valence-corrected chi connectivity index (χ0v) is 33.1. The lowest BCUT2D eigenvalue weighted by molar-refractivity contribution is 0.355. The van der Waals surface area contributed by atoms with E-state index in [0.717, 1.165) is 93.5 Å².